The van der Waals surface area contributed by atoms with E-state index in [0.29, 0.717) is 6.04 Å². The minimum Gasteiger partial charge on any atom is -0.313 e. The van der Waals surface area contributed by atoms with Crippen molar-refractivity contribution in [2.24, 2.45) is 5.41 Å². The molecule has 0 bridgehead atoms. The fraction of sp³-hybridized carbons (Fsp3) is 1.00. The van der Waals surface area contributed by atoms with Crippen LogP contribution >= 0.6 is 0 Å². The van der Waals surface area contributed by atoms with Crippen LogP contribution in [0.15, 0.2) is 0 Å². The number of rotatable bonds is 5. The molecule has 1 atom stereocenters. The van der Waals surface area contributed by atoms with Crippen LogP contribution in [-0.4, -0.2) is 37.1 Å². The van der Waals surface area contributed by atoms with Gasteiger partial charge in [0.1, 0.15) is 0 Å². The normalized spacial score (nSPS) is 26.5. The van der Waals surface area contributed by atoms with Gasteiger partial charge in [-0.1, -0.05) is 19.8 Å². The van der Waals surface area contributed by atoms with Crippen LogP contribution in [0.1, 0.15) is 58.8 Å². The van der Waals surface area contributed by atoms with Gasteiger partial charge in [-0.25, -0.2) is 0 Å². The number of likely N-dealkylation sites (tertiary alicyclic amines) is 1. The number of piperidine rings is 1. The maximum absolute atomic E-state index is 3.60. The zero-order valence-corrected chi connectivity index (χ0v) is 11.8. The molecule has 2 heteroatoms. The summed E-state index contributed by atoms with van der Waals surface area (Å²) in [6.45, 7) is 9.65. The summed E-state index contributed by atoms with van der Waals surface area (Å²) in [6, 6.07) is 0.681. The minimum absolute atomic E-state index is 0.681. The van der Waals surface area contributed by atoms with Crippen molar-refractivity contribution in [3.05, 3.63) is 0 Å². The van der Waals surface area contributed by atoms with Gasteiger partial charge in [0.25, 0.3) is 0 Å². The lowest BCUT2D eigenvalue weighted by molar-refractivity contribution is 0.109. The predicted octanol–water partition coefficient (Wildman–Crippen LogP) is 3.03. The molecule has 0 radical (unpaired) electrons. The lowest BCUT2D eigenvalue weighted by Gasteiger charge is -2.39. The van der Waals surface area contributed by atoms with Crippen LogP contribution in [0, 0.1) is 5.41 Å². The van der Waals surface area contributed by atoms with Gasteiger partial charge in [0.2, 0.25) is 0 Å². The van der Waals surface area contributed by atoms with E-state index in [-0.39, 0.29) is 0 Å². The van der Waals surface area contributed by atoms with E-state index in [1.54, 1.807) is 0 Å². The van der Waals surface area contributed by atoms with Crippen molar-refractivity contribution in [1.29, 1.82) is 0 Å². The smallest absolute Gasteiger partial charge is 0.0107 e. The van der Waals surface area contributed by atoms with Crippen molar-refractivity contribution in [3.8, 4) is 0 Å². The molecule has 100 valence electrons. The second kappa shape index (κ2) is 6.19. The molecule has 2 fully saturated rings. The average Bonchev–Trinajstić information content (AvgIpc) is 2.80. The summed E-state index contributed by atoms with van der Waals surface area (Å²) in [4.78, 5) is 2.67. The Balaban J connectivity index is 1.62. The van der Waals surface area contributed by atoms with Gasteiger partial charge >= 0.3 is 0 Å². The SMILES string of the molecule is CCC(C)NCCN1CCC2(CCCC2)CC1. The highest BCUT2D eigenvalue weighted by molar-refractivity contribution is 4.89. The summed E-state index contributed by atoms with van der Waals surface area (Å²) in [5, 5.41) is 3.60. The molecular weight excluding hydrogens is 208 g/mol. The first-order chi connectivity index (χ1) is 8.24. The van der Waals surface area contributed by atoms with Crippen LogP contribution in [0.5, 0.6) is 0 Å². The summed E-state index contributed by atoms with van der Waals surface area (Å²) < 4.78 is 0. The van der Waals surface area contributed by atoms with Crippen LogP contribution in [-0.2, 0) is 0 Å². The first kappa shape index (κ1) is 13.4. The molecule has 1 aliphatic carbocycles. The third-order valence-electron chi connectivity index (χ3n) is 5.11. The highest BCUT2D eigenvalue weighted by Gasteiger charge is 2.36. The molecule has 0 amide bonds. The Kier molecular flexibility index (Phi) is 4.87. The van der Waals surface area contributed by atoms with Crippen molar-refractivity contribution in [2.75, 3.05) is 26.2 Å². The second-order valence-corrected chi connectivity index (χ2v) is 6.31. The topological polar surface area (TPSA) is 15.3 Å². The molecule has 2 aliphatic rings. The fourth-order valence-electron chi connectivity index (χ4n) is 3.49. The van der Waals surface area contributed by atoms with E-state index in [2.05, 4.69) is 24.1 Å². The molecule has 0 aromatic rings. The van der Waals surface area contributed by atoms with E-state index < -0.39 is 0 Å². The van der Waals surface area contributed by atoms with Crippen LogP contribution in [0.4, 0.5) is 0 Å². The molecule has 1 aliphatic heterocycles. The fourth-order valence-corrected chi connectivity index (χ4v) is 3.49. The van der Waals surface area contributed by atoms with Crippen molar-refractivity contribution in [2.45, 2.75) is 64.8 Å². The zero-order chi connectivity index (χ0) is 12.1. The van der Waals surface area contributed by atoms with Crippen LogP contribution < -0.4 is 5.32 Å². The van der Waals surface area contributed by atoms with Gasteiger partial charge in [-0.2, -0.15) is 0 Å². The molecule has 1 N–H and O–H groups in total. The molecule has 2 nitrogen and oxygen atoms in total. The van der Waals surface area contributed by atoms with E-state index in [4.69, 9.17) is 0 Å². The predicted molar refractivity (Wildman–Crippen MR) is 74.3 cm³/mol. The maximum atomic E-state index is 3.60. The maximum Gasteiger partial charge on any atom is 0.0107 e. The summed E-state index contributed by atoms with van der Waals surface area (Å²) in [7, 11) is 0. The highest BCUT2D eigenvalue weighted by Crippen LogP contribution is 2.45. The summed E-state index contributed by atoms with van der Waals surface area (Å²) in [5.74, 6) is 0. The largest absolute Gasteiger partial charge is 0.313 e. The first-order valence-electron chi connectivity index (χ1n) is 7.70. The Morgan fingerprint density at radius 3 is 2.35 bits per heavy atom. The van der Waals surface area contributed by atoms with Gasteiger partial charge in [0.15, 0.2) is 0 Å². The Morgan fingerprint density at radius 1 is 1.12 bits per heavy atom. The van der Waals surface area contributed by atoms with Crippen molar-refractivity contribution >= 4 is 0 Å². The molecule has 1 saturated heterocycles. The van der Waals surface area contributed by atoms with Crippen LogP contribution in [0.3, 0.4) is 0 Å². The number of nitrogens with one attached hydrogen (secondary N) is 1. The molecule has 0 aromatic heterocycles. The van der Waals surface area contributed by atoms with Crippen molar-refractivity contribution < 1.29 is 0 Å². The van der Waals surface area contributed by atoms with E-state index >= 15 is 0 Å². The Bertz CT molecular complexity index is 211. The Morgan fingerprint density at radius 2 is 1.76 bits per heavy atom. The number of hydrogen-bond acceptors (Lipinski definition) is 2. The molecule has 1 unspecified atom stereocenters. The van der Waals surface area contributed by atoms with Gasteiger partial charge < -0.3 is 10.2 Å². The van der Waals surface area contributed by atoms with Gasteiger partial charge in [-0.05, 0) is 57.5 Å². The Labute approximate surface area is 107 Å². The van der Waals surface area contributed by atoms with Crippen LogP contribution in [0.2, 0.25) is 0 Å². The molecular formula is C15H30N2. The van der Waals surface area contributed by atoms with Gasteiger partial charge in [0, 0.05) is 19.1 Å². The summed E-state index contributed by atoms with van der Waals surface area (Å²) in [6.07, 6.45) is 10.2. The van der Waals surface area contributed by atoms with Gasteiger partial charge in [-0.15, -0.1) is 0 Å². The lowest BCUT2D eigenvalue weighted by Crippen LogP contribution is -2.42. The van der Waals surface area contributed by atoms with Gasteiger partial charge in [0.05, 0.1) is 0 Å². The van der Waals surface area contributed by atoms with E-state index in [1.807, 2.05) is 0 Å². The number of hydrogen-bond donors (Lipinski definition) is 1. The second-order valence-electron chi connectivity index (χ2n) is 6.31. The molecule has 17 heavy (non-hydrogen) atoms. The molecule has 1 saturated carbocycles. The Hall–Kier alpha value is -0.0800. The van der Waals surface area contributed by atoms with E-state index in [0.717, 1.165) is 5.41 Å². The summed E-state index contributed by atoms with van der Waals surface area (Å²) >= 11 is 0. The third kappa shape index (κ3) is 3.69. The third-order valence-corrected chi connectivity index (χ3v) is 5.11. The van der Waals surface area contributed by atoms with Crippen molar-refractivity contribution in [1.82, 2.24) is 10.2 Å². The minimum atomic E-state index is 0.681. The monoisotopic (exact) mass is 238 g/mol. The van der Waals surface area contributed by atoms with Gasteiger partial charge in [-0.3, -0.25) is 0 Å². The standard InChI is InChI=1S/C15H30N2/c1-3-14(2)16-10-13-17-11-8-15(9-12-17)6-4-5-7-15/h14,16H,3-13H2,1-2H3. The molecule has 2 rings (SSSR count). The molecule has 1 spiro atoms. The summed E-state index contributed by atoms with van der Waals surface area (Å²) in [5.41, 5.74) is 0.778. The quantitative estimate of drug-likeness (QED) is 0.792. The number of nitrogens with zero attached hydrogens (tertiary/aromatic N) is 1. The molecule has 0 aromatic carbocycles. The lowest BCUT2D eigenvalue weighted by atomic mass is 9.77. The van der Waals surface area contributed by atoms with Crippen LogP contribution in [0.25, 0.3) is 0 Å². The highest BCUT2D eigenvalue weighted by atomic mass is 15.1. The average molecular weight is 238 g/mol. The van der Waals surface area contributed by atoms with E-state index in [9.17, 15) is 0 Å². The molecule has 1 heterocycles. The zero-order valence-electron chi connectivity index (χ0n) is 11.8. The van der Waals surface area contributed by atoms with E-state index in [1.165, 1.54) is 71.1 Å². The van der Waals surface area contributed by atoms with Crippen molar-refractivity contribution in [3.63, 3.8) is 0 Å². The first-order valence-corrected chi connectivity index (χ1v) is 7.70.